The molecule has 0 unspecified atom stereocenters. The van der Waals surface area contributed by atoms with Gasteiger partial charge in [0.2, 0.25) is 0 Å². The zero-order valence-corrected chi connectivity index (χ0v) is 11.0. The summed E-state index contributed by atoms with van der Waals surface area (Å²) in [6.45, 7) is 6.42. The van der Waals surface area contributed by atoms with Crippen LogP contribution in [0, 0.1) is 4.64 Å². The van der Waals surface area contributed by atoms with Gasteiger partial charge in [-0.2, -0.15) is 0 Å². The third-order valence-corrected chi connectivity index (χ3v) is 2.70. The van der Waals surface area contributed by atoms with Crippen molar-refractivity contribution in [3.05, 3.63) is 40.9 Å². The van der Waals surface area contributed by atoms with Gasteiger partial charge in [-0.25, -0.2) is 4.98 Å². The highest BCUT2D eigenvalue weighted by atomic mass is 32.1. The number of rotatable bonds is 1. The van der Waals surface area contributed by atoms with Crippen LogP contribution in [0.25, 0.3) is 11.4 Å². The van der Waals surface area contributed by atoms with Gasteiger partial charge in [0.15, 0.2) is 0 Å². The largest absolute Gasteiger partial charge is 0.343 e. The van der Waals surface area contributed by atoms with Crippen molar-refractivity contribution in [3.63, 3.8) is 0 Å². The van der Waals surface area contributed by atoms with Gasteiger partial charge in [-0.3, -0.25) is 4.98 Å². The SMILES string of the molecule is CC(C)(C)c1cc(=S)nc(-c2cccnc2)[nH]1. The molecule has 17 heavy (non-hydrogen) atoms. The fourth-order valence-electron chi connectivity index (χ4n) is 1.50. The third kappa shape index (κ3) is 2.77. The summed E-state index contributed by atoms with van der Waals surface area (Å²) >= 11 is 5.20. The number of aromatic nitrogens is 3. The molecule has 3 nitrogen and oxygen atoms in total. The van der Waals surface area contributed by atoms with Crippen LogP contribution in [0.2, 0.25) is 0 Å². The molecule has 0 fully saturated rings. The number of nitrogens with one attached hydrogen (secondary N) is 1. The Balaban J connectivity index is 2.58. The minimum Gasteiger partial charge on any atom is -0.343 e. The molecule has 0 aliphatic heterocycles. The molecule has 0 aliphatic rings. The fraction of sp³-hybridized carbons (Fsp3) is 0.308. The Hall–Kier alpha value is -1.55. The topological polar surface area (TPSA) is 41.6 Å². The highest BCUT2D eigenvalue weighted by Crippen LogP contribution is 2.22. The van der Waals surface area contributed by atoms with Crippen molar-refractivity contribution >= 4 is 12.2 Å². The molecular formula is C13H15N3S. The van der Waals surface area contributed by atoms with E-state index in [1.54, 1.807) is 12.4 Å². The molecule has 0 radical (unpaired) electrons. The van der Waals surface area contributed by atoms with Crippen molar-refractivity contribution in [1.82, 2.24) is 15.0 Å². The van der Waals surface area contributed by atoms with Gasteiger partial charge in [-0.15, -0.1) is 0 Å². The quantitative estimate of drug-likeness (QED) is 0.782. The molecule has 4 heteroatoms. The molecule has 2 rings (SSSR count). The maximum absolute atomic E-state index is 5.20. The molecule has 0 aliphatic carbocycles. The fourth-order valence-corrected chi connectivity index (χ4v) is 1.71. The summed E-state index contributed by atoms with van der Waals surface area (Å²) in [6.07, 6.45) is 3.52. The number of hydrogen-bond donors (Lipinski definition) is 1. The van der Waals surface area contributed by atoms with Gasteiger partial charge in [-0.1, -0.05) is 33.0 Å². The van der Waals surface area contributed by atoms with E-state index < -0.39 is 0 Å². The minimum atomic E-state index is 0.0213. The molecule has 1 N–H and O–H groups in total. The minimum absolute atomic E-state index is 0.0213. The summed E-state index contributed by atoms with van der Waals surface area (Å²) in [5, 5.41) is 0. The molecule has 2 aromatic rings. The van der Waals surface area contributed by atoms with Gasteiger partial charge in [0.25, 0.3) is 0 Å². The summed E-state index contributed by atoms with van der Waals surface area (Å²) in [5.74, 6) is 0.774. The second-order valence-electron chi connectivity index (χ2n) is 4.97. The van der Waals surface area contributed by atoms with E-state index in [0.29, 0.717) is 4.64 Å². The first-order valence-corrected chi connectivity index (χ1v) is 5.90. The second-order valence-corrected chi connectivity index (χ2v) is 5.39. The second kappa shape index (κ2) is 4.37. The Kier molecular flexibility index (Phi) is 3.07. The van der Waals surface area contributed by atoms with Crippen molar-refractivity contribution in [3.8, 4) is 11.4 Å². The number of nitrogens with zero attached hydrogens (tertiary/aromatic N) is 2. The van der Waals surface area contributed by atoms with E-state index in [1.165, 1.54) is 0 Å². The normalized spacial score (nSPS) is 11.5. The van der Waals surface area contributed by atoms with Crippen molar-refractivity contribution in [2.24, 2.45) is 0 Å². The standard InChI is InChI=1S/C13H15N3S/c1-13(2,3)10-7-11(17)16-12(15-10)9-5-4-6-14-8-9/h4-8H,1-3H3,(H,15,16,17). The van der Waals surface area contributed by atoms with E-state index in [-0.39, 0.29) is 5.41 Å². The number of hydrogen-bond acceptors (Lipinski definition) is 3. The Bertz CT molecular complexity index is 567. The van der Waals surface area contributed by atoms with Gasteiger partial charge >= 0.3 is 0 Å². The van der Waals surface area contributed by atoms with Gasteiger partial charge in [0.05, 0.1) is 0 Å². The van der Waals surface area contributed by atoms with Gasteiger partial charge in [-0.05, 0) is 18.2 Å². The zero-order valence-electron chi connectivity index (χ0n) is 10.2. The van der Waals surface area contributed by atoms with Gasteiger partial charge < -0.3 is 4.98 Å². The maximum atomic E-state index is 5.20. The number of pyridine rings is 1. The molecule has 0 saturated carbocycles. The van der Waals surface area contributed by atoms with E-state index in [1.807, 2.05) is 18.2 Å². The molecule has 0 amide bonds. The lowest BCUT2D eigenvalue weighted by molar-refractivity contribution is 0.567. The van der Waals surface area contributed by atoms with Crippen molar-refractivity contribution < 1.29 is 0 Å². The van der Waals surface area contributed by atoms with E-state index in [2.05, 4.69) is 35.7 Å². The van der Waals surface area contributed by atoms with Crippen LogP contribution in [0.4, 0.5) is 0 Å². The highest BCUT2D eigenvalue weighted by molar-refractivity contribution is 7.71. The monoisotopic (exact) mass is 245 g/mol. The van der Waals surface area contributed by atoms with Crippen molar-refractivity contribution in [2.75, 3.05) is 0 Å². The molecule has 0 saturated heterocycles. The number of H-pyrrole nitrogens is 1. The van der Waals surface area contributed by atoms with Crippen molar-refractivity contribution in [1.29, 1.82) is 0 Å². The smallest absolute Gasteiger partial charge is 0.140 e. The molecule has 2 heterocycles. The lowest BCUT2D eigenvalue weighted by atomic mass is 9.92. The Morgan fingerprint density at radius 3 is 2.65 bits per heavy atom. The molecular weight excluding hydrogens is 230 g/mol. The van der Waals surface area contributed by atoms with Crippen molar-refractivity contribution in [2.45, 2.75) is 26.2 Å². The third-order valence-electron chi connectivity index (χ3n) is 2.49. The average molecular weight is 245 g/mol. The predicted molar refractivity (Wildman–Crippen MR) is 71.4 cm³/mol. The highest BCUT2D eigenvalue weighted by Gasteiger charge is 2.15. The molecule has 2 aromatic heterocycles. The first-order chi connectivity index (χ1) is 7.97. The predicted octanol–water partition coefficient (Wildman–Crippen LogP) is 3.50. The summed E-state index contributed by atoms with van der Waals surface area (Å²) in [5.41, 5.74) is 2.05. The zero-order chi connectivity index (χ0) is 12.5. The lowest BCUT2D eigenvalue weighted by Crippen LogP contribution is -2.14. The van der Waals surface area contributed by atoms with E-state index in [0.717, 1.165) is 17.1 Å². The molecule has 0 spiro atoms. The van der Waals surface area contributed by atoms with Crippen LogP contribution < -0.4 is 0 Å². The first kappa shape index (κ1) is 11.9. The maximum Gasteiger partial charge on any atom is 0.140 e. The van der Waals surface area contributed by atoms with Gasteiger partial charge in [0.1, 0.15) is 10.5 Å². The van der Waals surface area contributed by atoms with Crippen LogP contribution >= 0.6 is 12.2 Å². The van der Waals surface area contributed by atoms with Crippen LogP contribution in [-0.4, -0.2) is 15.0 Å². The van der Waals surface area contributed by atoms with Crippen LogP contribution in [0.5, 0.6) is 0 Å². The van der Waals surface area contributed by atoms with Crippen LogP contribution in [0.15, 0.2) is 30.6 Å². The summed E-state index contributed by atoms with van der Waals surface area (Å²) in [4.78, 5) is 11.7. The lowest BCUT2D eigenvalue weighted by Gasteiger charge is -2.19. The summed E-state index contributed by atoms with van der Waals surface area (Å²) in [7, 11) is 0. The van der Waals surface area contributed by atoms with E-state index >= 15 is 0 Å². The molecule has 0 atom stereocenters. The van der Waals surface area contributed by atoms with Crippen LogP contribution in [0.3, 0.4) is 0 Å². The molecule has 88 valence electrons. The summed E-state index contributed by atoms with van der Waals surface area (Å²) in [6, 6.07) is 5.76. The van der Waals surface area contributed by atoms with E-state index in [4.69, 9.17) is 12.2 Å². The molecule has 0 bridgehead atoms. The van der Waals surface area contributed by atoms with E-state index in [9.17, 15) is 0 Å². The van der Waals surface area contributed by atoms with Gasteiger partial charge in [0, 0.05) is 29.1 Å². The van der Waals surface area contributed by atoms with Crippen LogP contribution in [-0.2, 0) is 5.41 Å². The Morgan fingerprint density at radius 2 is 2.06 bits per heavy atom. The first-order valence-electron chi connectivity index (χ1n) is 5.49. The molecule has 0 aromatic carbocycles. The summed E-state index contributed by atoms with van der Waals surface area (Å²) < 4.78 is 0.604. The number of aromatic amines is 1. The Labute approximate surface area is 106 Å². The Morgan fingerprint density at radius 1 is 1.29 bits per heavy atom. The average Bonchev–Trinajstić information content (AvgIpc) is 2.28. The van der Waals surface area contributed by atoms with Crippen LogP contribution in [0.1, 0.15) is 26.5 Å².